The molecule has 8 nitrogen and oxygen atoms in total. The molecule has 1 N–H and O–H groups in total. The molecule has 0 spiro atoms. The number of fused-ring (bicyclic) bond motifs is 1. The van der Waals surface area contributed by atoms with E-state index in [-0.39, 0.29) is 16.9 Å². The van der Waals surface area contributed by atoms with Gasteiger partial charge in [0.15, 0.2) is 0 Å². The summed E-state index contributed by atoms with van der Waals surface area (Å²) in [5.74, 6) is -2.66. The molecule has 1 aromatic rings. The normalized spacial score (nSPS) is 14.0. The van der Waals surface area contributed by atoms with E-state index >= 15 is 0 Å². The molecule has 1 heterocycles. The molecular weight excluding hydrogens is 324 g/mol. The second kappa shape index (κ2) is 6.88. The van der Waals surface area contributed by atoms with Gasteiger partial charge in [0, 0.05) is 0 Å². The maximum atomic E-state index is 12.0. The van der Waals surface area contributed by atoms with Crippen LogP contribution in [0.1, 0.15) is 40.5 Å². The molecule has 1 aliphatic heterocycles. The number of hydrogen-bond donors (Lipinski definition) is 1. The number of sulfonamides is 1. The minimum absolute atomic E-state index is 0.107. The van der Waals surface area contributed by atoms with E-state index in [0.717, 1.165) is 0 Å². The van der Waals surface area contributed by atoms with Crippen molar-refractivity contribution in [2.24, 2.45) is 0 Å². The number of hydrogen-bond acceptors (Lipinski definition) is 6. The summed E-state index contributed by atoms with van der Waals surface area (Å²) in [7, 11) is -3.59. The summed E-state index contributed by atoms with van der Waals surface area (Å²) in [4.78, 5) is 40.3. The molecule has 0 saturated carbocycles. The molecule has 0 radical (unpaired) electrons. The molecule has 0 aliphatic carbocycles. The highest BCUT2D eigenvalue weighted by Gasteiger charge is 2.38. The second-order valence-electron chi connectivity index (χ2n) is 4.91. The summed E-state index contributed by atoms with van der Waals surface area (Å²) in [5.41, 5.74) is 0.266. The number of benzene rings is 1. The molecule has 0 unspecified atom stereocenters. The molecule has 23 heavy (non-hydrogen) atoms. The van der Waals surface area contributed by atoms with E-state index in [1.807, 2.05) is 6.92 Å². The zero-order valence-corrected chi connectivity index (χ0v) is 13.3. The first-order valence-electron chi connectivity index (χ1n) is 7.01. The SMILES string of the molecule is CCCCS(=O)(=O)NCC(=O)ON1C(=O)c2ccccc2C1=O. The standard InChI is InChI=1S/C14H16N2O6S/c1-2-3-8-23(20,21)15-9-12(17)22-16-13(18)10-6-4-5-7-11(10)14(16)19/h4-7,15H,2-3,8-9H2,1H3. The van der Waals surface area contributed by atoms with Crippen LogP contribution in [-0.4, -0.2) is 43.6 Å². The van der Waals surface area contributed by atoms with Gasteiger partial charge in [-0.05, 0) is 18.6 Å². The minimum atomic E-state index is -3.59. The van der Waals surface area contributed by atoms with E-state index < -0.39 is 34.4 Å². The van der Waals surface area contributed by atoms with Crippen molar-refractivity contribution in [1.82, 2.24) is 9.79 Å². The van der Waals surface area contributed by atoms with Gasteiger partial charge in [-0.1, -0.05) is 30.5 Å². The fourth-order valence-corrected chi connectivity index (χ4v) is 3.11. The third-order valence-electron chi connectivity index (χ3n) is 3.15. The average molecular weight is 340 g/mol. The predicted octanol–water partition coefficient (Wildman–Crippen LogP) is 0.460. The van der Waals surface area contributed by atoms with Gasteiger partial charge in [-0.2, -0.15) is 0 Å². The molecular formula is C14H16N2O6S. The van der Waals surface area contributed by atoms with Crippen LogP contribution < -0.4 is 4.72 Å². The highest BCUT2D eigenvalue weighted by atomic mass is 32.2. The zero-order valence-electron chi connectivity index (χ0n) is 12.4. The molecule has 1 aromatic carbocycles. The van der Waals surface area contributed by atoms with Gasteiger partial charge in [0.05, 0.1) is 16.9 Å². The number of imide groups is 1. The van der Waals surface area contributed by atoms with Crippen LogP contribution in [0.2, 0.25) is 0 Å². The van der Waals surface area contributed by atoms with E-state index in [9.17, 15) is 22.8 Å². The minimum Gasteiger partial charge on any atom is -0.328 e. The molecule has 1 aliphatic rings. The van der Waals surface area contributed by atoms with E-state index in [1.165, 1.54) is 12.1 Å². The number of rotatable bonds is 7. The quantitative estimate of drug-likeness (QED) is 0.722. The van der Waals surface area contributed by atoms with Crippen LogP contribution in [-0.2, 0) is 19.7 Å². The third-order valence-corrected chi connectivity index (χ3v) is 4.56. The predicted molar refractivity (Wildman–Crippen MR) is 79.7 cm³/mol. The van der Waals surface area contributed by atoms with Crippen LogP contribution in [0, 0.1) is 0 Å². The van der Waals surface area contributed by atoms with Gasteiger partial charge in [0.2, 0.25) is 10.0 Å². The first-order chi connectivity index (χ1) is 10.9. The molecule has 0 bridgehead atoms. The van der Waals surface area contributed by atoms with Crippen molar-refractivity contribution in [2.75, 3.05) is 12.3 Å². The number of carbonyl (C=O) groups is 3. The summed E-state index contributed by atoms with van der Waals surface area (Å²) in [6.45, 7) is 1.19. The number of hydroxylamine groups is 2. The third kappa shape index (κ3) is 3.93. The Hall–Kier alpha value is -2.26. The average Bonchev–Trinajstić information content (AvgIpc) is 2.77. The first kappa shape index (κ1) is 17.1. The fraction of sp³-hybridized carbons (Fsp3) is 0.357. The van der Waals surface area contributed by atoms with Gasteiger partial charge in [-0.25, -0.2) is 17.9 Å². The Morgan fingerprint density at radius 3 is 2.26 bits per heavy atom. The van der Waals surface area contributed by atoms with Gasteiger partial charge < -0.3 is 4.84 Å². The van der Waals surface area contributed by atoms with Gasteiger partial charge >= 0.3 is 5.97 Å². The Kier molecular flexibility index (Phi) is 5.12. The molecule has 0 saturated heterocycles. The van der Waals surface area contributed by atoms with Crippen molar-refractivity contribution in [3.05, 3.63) is 35.4 Å². The van der Waals surface area contributed by atoms with Crippen molar-refractivity contribution >= 4 is 27.8 Å². The van der Waals surface area contributed by atoms with Gasteiger partial charge in [-0.15, -0.1) is 0 Å². The Balaban J connectivity index is 1.95. The molecule has 2 rings (SSSR count). The number of nitrogens with one attached hydrogen (secondary N) is 1. The van der Waals surface area contributed by atoms with Crippen LogP contribution in [0.5, 0.6) is 0 Å². The lowest BCUT2D eigenvalue weighted by Gasteiger charge is -2.13. The molecule has 0 aromatic heterocycles. The Labute approximate surface area is 133 Å². The monoisotopic (exact) mass is 340 g/mol. The number of amides is 2. The largest absolute Gasteiger partial charge is 0.347 e. The van der Waals surface area contributed by atoms with Crippen molar-refractivity contribution in [2.45, 2.75) is 19.8 Å². The fourth-order valence-electron chi connectivity index (χ4n) is 1.96. The van der Waals surface area contributed by atoms with Crippen molar-refractivity contribution in [3.63, 3.8) is 0 Å². The Morgan fingerprint density at radius 1 is 1.17 bits per heavy atom. The van der Waals surface area contributed by atoms with Crippen LogP contribution in [0.3, 0.4) is 0 Å². The number of nitrogens with zero attached hydrogens (tertiary/aromatic N) is 1. The van der Waals surface area contributed by atoms with Crippen LogP contribution in [0.15, 0.2) is 24.3 Å². The van der Waals surface area contributed by atoms with E-state index in [1.54, 1.807) is 12.1 Å². The van der Waals surface area contributed by atoms with Crippen LogP contribution in [0.4, 0.5) is 0 Å². The summed E-state index contributed by atoms with van der Waals surface area (Å²) in [6.07, 6.45) is 1.16. The smallest absolute Gasteiger partial charge is 0.328 e. The zero-order chi connectivity index (χ0) is 17.0. The maximum Gasteiger partial charge on any atom is 0.347 e. The topological polar surface area (TPSA) is 110 Å². The lowest BCUT2D eigenvalue weighted by molar-refractivity contribution is -0.166. The molecule has 124 valence electrons. The van der Waals surface area contributed by atoms with Gasteiger partial charge in [0.1, 0.15) is 6.54 Å². The van der Waals surface area contributed by atoms with Crippen molar-refractivity contribution in [1.29, 1.82) is 0 Å². The molecule has 0 atom stereocenters. The van der Waals surface area contributed by atoms with Crippen molar-refractivity contribution in [3.8, 4) is 0 Å². The summed E-state index contributed by atoms with van der Waals surface area (Å²) in [5, 5.41) is 0.341. The number of unbranched alkanes of at least 4 members (excludes halogenated alkanes) is 1. The van der Waals surface area contributed by atoms with Gasteiger partial charge in [-0.3, -0.25) is 9.59 Å². The van der Waals surface area contributed by atoms with Gasteiger partial charge in [0.25, 0.3) is 11.8 Å². The van der Waals surface area contributed by atoms with Crippen LogP contribution >= 0.6 is 0 Å². The molecule has 2 amide bonds. The lowest BCUT2D eigenvalue weighted by Crippen LogP contribution is -2.38. The van der Waals surface area contributed by atoms with E-state index in [4.69, 9.17) is 0 Å². The Morgan fingerprint density at radius 2 is 1.74 bits per heavy atom. The van der Waals surface area contributed by atoms with E-state index in [0.29, 0.717) is 17.9 Å². The maximum absolute atomic E-state index is 12.0. The Bertz CT molecular complexity index is 708. The summed E-state index contributed by atoms with van der Waals surface area (Å²) < 4.78 is 25.2. The second-order valence-corrected chi connectivity index (χ2v) is 6.83. The first-order valence-corrected chi connectivity index (χ1v) is 8.67. The number of carbonyl (C=O) groups excluding carboxylic acids is 3. The highest BCUT2D eigenvalue weighted by molar-refractivity contribution is 7.89. The molecule has 9 heteroatoms. The van der Waals surface area contributed by atoms with Crippen molar-refractivity contribution < 1.29 is 27.6 Å². The molecule has 0 fully saturated rings. The highest BCUT2D eigenvalue weighted by Crippen LogP contribution is 2.22. The van der Waals surface area contributed by atoms with E-state index in [2.05, 4.69) is 9.56 Å². The summed E-state index contributed by atoms with van der Waals surface area (Å²) in [6, 6.07) is 6.04. The lowest BCUT2D eigenvalue weighted by atomic mass is 10.1. The summed E-state index contributed by atoms with van der Waals surface area (Å²) >= 11 is 0. The van der Waals surface area contributed by atoms with Crippen LogP contribution in [0.25, 0.3) is 0 Å².